The summed E-state index contributed by atoms with van der Waals surface area (Å²) in [6.45, 7) is 0.804. The third kappa shape index (κ3) is 2.40. The van der Waals surface area contributed by atoms with Gasteiger partial charge in [-0.25, -0.2) is 0 Å². The van der Waals surface area contributed by atoms with Crippen molar-refractivity contribution in [1.82, 2.24) is 4.90 Å². The molecule has 0 saturated carbocycles. The van der Waals surface area contributed by atoms with Crippen molar-refractivity contribution in [2.24, 2.45) is 0 Å². The first kappa shape index (κ1) is 12.7. The minimum absolute atomic E-state index is 0.00454. The Bertz CT molecular complexity index is 410. The van der Waals surface area contributed by atoms with Gasteiger partial charge in [-0.2, -0.15) is 0 Å². The van der Waals surface area contributed by atoms with Crippen molar-refractivity contribution in [3.63, 3.8) is 0 Å². The van der Waals surface area contributed by atoms with Gasteiger partial charge in [-0.1, -0.05) is 39.1 Å². The van der Waals surface area contributed by atoms with Crippen LogP contribution in [0.15, 0.2) is 6.07 Å². The van der Waals surface area contributed by atoms with Gasteiger partial charge in [0.15, 0.2) is 0 Å². The van der Waals surface area contributed by atoms with Gasteiger partial charge in [0.05, 0.1) is 9.90 Å². The minimum Gasteiger partial charge on any atom is -0.335 e. The fraction of sp³-hybridized carbons (Fsp3) is 0.500. The Balaban J connectivity index is 2.21. The predicted molar refractivity (Wildman–Crippen MR) is 72.2 cm³/mol. The molecule has 16 heavy (non-hydrogen) atoms. The summed E-state index contributed by atoms with van der Waals surface area (Å²) in [6.07, 6.45) is 2.10. The molecular formula is C10H10BrCl2NOS. The average molecular weight is 343 g/mol. The van der Waals surface area contributed by atoms with Gasteiger partial charge >= 0.3 is 0 Å². The maximum atomic E-state index is 12.2. The Morgan fingerprint density at radius 1 is 1.62 bits per heavy atom. The van der Waals surface area contributed by atoms with Crippen LogP contribution in [0.25, 0.3) is 0 Å². The number of carbonyl (C=O) groups excluding carboxylic acids is 1. The van der Waals surface area contributed by atoms with Crippen LogP contribution >= 0.6 is 50.5 Å². The minimum atomic E-state index is -0.00454. The van der Waals surface area contributed by atoms with Crippen LogP contribution in [0.2, 0.25) is 8.67 Å². The van der Waals surface area contributed by atoms with Crippen LogP contribution < -0.4 is 0 Å². The fourth-order valence-electron chi connectivity index (χ4n) is 1.90. The van der Waals surface area contributed by atoms with Crippen molar-refractivity contribution in [1.29, 1.82) is 0 Å². The molecule has 1 unspecified atom stereocenters. The average Bonchev–Trinajstić information content (AvgIpc) is 2.83. The Hall–Kier alpha value is 0.230. The van der Waals surface area contributed by atoms with Crippen LogP contribution in [0.5, 0.6) is 0 Å². The van der Waals surface area contributed by atoms with Crippen LogP contribution in [0.1, 0.15) is 23.2 Å². The van der Waals surface area contributed by atoms with Crippen LogP contribution in [0, 0.1) is 0 Å². The largest absolute Gasteiger partial charge is 0.335 e. The molecule has 1 aromatic rings. The number of hydrogen-bond acceptors (Lipinski definition) is 2. The second-order valence-corrected chi connectivity index (χ2v) is 6.62. The molecule has 0 bridgehead atoms. The summed E-state index contributed by atoms with van der Waals surface area (Å²) in [4.78, 5) is 14.1. The summed E-state index contributed by atoms with van der Waals surface area (Å²) in [5, 5.41) is 0.814. The maximum absolute atomic E-state index is 12.2. The van der Waals surface area contributed by atoms with E-state index in [1.807, 2.05) is 4.90 Å². The lowest BCUT2D eigenvalue weighted by Crippen LogP contribution is -2.36. The third-order valence-corrected chi connectivity index (χ3v) is 4.94. The smallest absolute Gasteiger partial charge is 0.256 e. The number of carbonyl (C=O) groups is 1. The third-order valence-electron chi connectivity index (χ3n) is 2.70. The number of thiophene rings is 1. The van der Waals surface area contributed by atoms with Crippen LogP contribution in [-0.4, -0.2) is 28.7 Å². The SMILES string of the molecule is O=C(c1cc(Cl)sc1Cl)N1CCCC1CBr. The first-order valence-electron chi connectivity index (χ1n) is 4.95. The van der Waals surface area contributed by atoms with E-state index in [9.17, 15) is 4.79 Å². The number of likely N-dealkylation sites (tertiary alicyclic amines) is 1. The molecule has 1 saturated heterocycles. The summed E-state index contributed by atoms with van der Waals surface area (Å²) in [7, 11) is 0. The molecule has 1 atom stereocenters. The molecule has 2 nitrogen and oxygen atoms in total. The van der Waals surface area contributed by atoms with Crippen molar-refractivity contribution in [3.05, 3.63) is 20.3 Å². The van der Waals surface area contributed by atoms with Gasteiger partial charge in [0.1, 0.15) is 4.34 Å². The molecule has 1 amide bonds. The van der Waals surface area contributed by atoms with E-state index < -0.39 is 0 Å². The van der Waals surface area contributed by atoms with E-state index in [0.29, 0.717) is 14.2 Å². The van der Waals surface area contributed by atoms with Gasteiger partial charge in [0.2, 0.25) is 0 Å². The summed E-state index contributed by atoms with van der Waals surface area (Å²) < 4.78 is 1.04. The van der Waals surface area contributed by atoms with E-state index in [1.165, 1.54) is 11.3 Å². The van der Waals surface area contributed by atoms with Gasteiger partial charge in [-0.15, -0.1) is 11.3 Å². The van der Waals surface area contributed by atoms with Gasteiger partial charge in [0.25, 0.3) is 5.91 Å². The highest BCUT2D eigenvalue weighted by molar-refractivity contribution is 9.09. The highest BCUT2D eigenvalue weighted by atomic mass is 79.9. The molecule has 1 aliphatic heterocycles. The van der Waals surface area contributed by atoms with Gasteiger partial charge in [-0.05, 0) is 18.9 Å². The number of alkyl halides is 1. The highest BCUT2D eigenvalue weighted by Gasteiger charge is 2.30. The Morgan fingerprint density at radius 3 is 2.94 bits per heavy atom. The molecule has 1 aromatic heterocycles. The molecule has 88 valence electrons. The standard InChI is InChI=1S/C10H10BrCl2NOS/c11-5-6-2-1-3-14(6)10(15)7-4-8(12)16-9(7)13/h4,6H,1-3,5H2. The molecule has 0 spiro atoms. The molecule has 0 radical (unpaired) electrons. The van der Waals surface area contributed by atoms with Crippen molar-refractivity contribution in [2.45, 2.75) is 18.9 Å². The molecule has 0 aromatic carbocycles. The Morgan fingerprint density at radius 2 is 2.38 bits per heavy atom. The van der Waals surface area contributed by atoms with Crippen LogP contribution in [0.3, 0.4) is 0 Å². The van der Waals surface area contributed by atoms with Crippen molar-refractivity contribution < 1.29 is 4.79 Å². The quantitative estimate of drug-likeness (QED) is 0.742. The molecule has 2 rings (SSSR count). The highest BCUT2D eigenvalue weighted by Crippen LogP contribution is 2.33. The topological polar surface area (TPSA) is 20.3 Å². The van der Waals surface area contributed by atoms with Gasteiger partial charge < -0.3 is 4.90 Å². The van der Waals surface area contributed by atoms with E-state index in [2.05, 4.69) is 15.9 Å². The molecule has 1 aliphatic rings. The second-order valence-electron chi connectivity index (χ2n) is 3.69. The van der Waals surface area contributed by atoms with Gasteiger partial charge in [-0.3, -0.25) is 4.79 Å². The molecule has 0 aliphatic carbocycles. The summed E-state index contributed by atoms with van der Waals surface area (Å²) in [5.41, 5.74) is 0.532. The zero-order chi connectivity index (χ0) is 11.7. The van der Waals surface area contributed by atoms with Gasteiger partial charge in [0, 0.05) is 17.9 Å². The number of rotatable bonds is 2. The van der Waals surface area contributed by atoms with Crippen molar-refractivity contribution in [3.8, 4) is 0 Å². The lowest BCUT2D eigenvalue weighted by Gasteiger charge is -2.22. The normalized spacial score (nSPS) is 20.4. The number of halogens is 3. The fourth-order valence-corrected chi connectivity index (χ4v) is 4.03. The van der Waals surface area contributed by atoms with Crippen LogP contribution in [0.4, 0.5) is 0 Å². The lowest BCUT2D eigenvalue weighted by molar-refractivity contribution is 0.0751. The maximum Gasteiger partial charge on any atom is 0.256 e. The molecule has 6 heteroatoms. The first-order chi connectivity index (χ1) is 7.63. The summed E-state index contributed by atoms with van der Waals surface area (Å²) in [6, 6.07) is 1.93. The van der Waals surface area contributed by atoms with Crippen molar-refractivity contribution >= 4 is 56.4 Å². The number of hydrogen-bond donors (Lipinski definition) is 0. The van der Waals surface area contributed by atoms with Crippen molar-refractivity contribution in [2.75, 3.05) is 11.9 Å². The monoisotopic (exact) mass is 341 g/mol. The number of amides is 1. The molecule has 1 fully saturated rings. The predicted octanol–water partition coefficient (Wildman–Crippen LogP) is 4.05. The number of nitrogens with zero attached hydrogens (tertiary/aromatic N) is 1. The van der Waals surface area contributed by atoms with E-state index in [0.717, 1.165) is 24.7 Å². The Labute approximate surface area is 117 Å². The Kier molecular flexibility index (Phi) is 4.16. The zero-order valence-electron chi connectivity index (χ0n) is 8.38. The van der Waals surface area contributed by atoms with E-state index in [1.54, 1.807) is 6.07 Å². The van der Waals surface area contributed by atoms with E-state index >= 15 is 0 Å². The summed E-state index contributed by atoms with van der Waals surface area (Å²) >= 11 is 16.5. The lowest BCUT2D eigenvalue weighted by atomic mass is 10.2. The summed E-state index contributed by atoms with van der Waals surface area (Å²) in [5.74, 6) is -0.00454. The molecular weight excluding hydrogens is 333 g/mol. The van der Waals surface area contributed by atoms with Crippen LogP contribution in [-0.2, 0) is 0 Å². The van der Waals surface area contributed by atoms with E-state index in [4.69, 9.17) is 23.2 Å². The first-order valence-corrected chi connectivity index (χ1v) is 7.64. The molecule has 2 heterocycles. The second kappa shape index (κ2) is 5.25. The molecule has 0 N–H and O–H groups in total. The zero-order valence-corrected chi connectivity index (χ0v) is 12.3. The van der Waals surface area contributed by atoms with E-state index in [-0.39, 0.29) is 11.9 Å².